The number of amides is 2. The largest absolute Gasteiger partial charge is 0.350 e. The molecule has 3 rings (SSSR count). The van der Waals surface area contributed by atoms with Gasteiger partial charge in [-0.05, 0) is 48.8 Å². The van der Waals surface area contributed by atoms with Gasteiger partial charge in [-0.1, -0.05) is 55.3 Å². The molecule has 4 atom stereocenters. The number of carbonyl (C=O) groups excluding carboxylic acids is 2. The standard InChI is InChI=1S/C21H29BrN2O2/c1-4-5-16-12-24(19(10-13(2)3)20(25)23-16)21(26)18-11-17(18)14-6-8-15(22)9-7-14/h6-9,13,16-19H,4-5,10-12H2,1-3H3,(H,23,25)/t16?,17-,18+,19?/m0/s1. The first-order valence-electron chi connectivity index (χ1n) is 9.77. The molecule has 26 heavy (non-hydrogen) atoms. The Morgan fingerprint density at radius 1 is 1.31 bits per heavy atom. The van der Waals surface area contributed by atoms with Crippen LogP contribution in [0.1, 0.15) is 57.9 Å². The van der Waals surface area contributed by atoms with Crippen molar-refractivity contribution in [1.82, 2.24) is 10.2 Å². The molecule has 1 saturated heterocycles. The van der Waals surface area contributed by atoms with Crippen molar-refractivity contribution in [3.63, 3.8) is 0 Å². The topological polar surface area (TPSA) is 49.4 Å². The van der Waals surface area contributed by atoms with Crippen LogP contribution in [0.4, 0.5) is 0 Å². The number of rotatable bonds is 6. The fourth-order valence-corrected chi connectivity index (χ4v) is 4.31. The summed E-state index contributed by atoms with van der Waals surface area (Å²) in [4.78, 5) is 27.8. The van der Waals surface area contributed by atoms with Gasteiger partial charge in [-0.3, -0.25) is 9.59 Å². The number of carbonyl (C=O) groups is 2. The molecule has 2 aliphatic rings. The van der Waals surface area contributed by atoms with E-state index in [0.29, 0.717) is 18.4 Å². The number of nitrogens with one attached hydrogen (secondary N) is 1. The zero-order valence-electron chi connectivity index (χ0n) is 15.9. The molecule has 1 N–H and O–H groups in total. The molecule has 1 aromatic rings. The highest BCUT2D eigenvalue weighted by Crippen LogP contribution is 2.49. The zero-order valence-corrected chi connectivity index (χ0v) is 17.5. The smallest absolute Gasteiger partial charge is 0.243 e. The lowest BCUT2D eigenvalue weighted by Gasteiger charge is -2.40. The molecule has 0 aromatic heterocycles. The number of benzene rings is 1. The second kappa shape index (κ2) is 8.12. The molecule has 1 saturated carbocycles. The second-order valence-electron chi connectivity index (χ2n) is 8.13. The summed E-state index contributed by atoms with van der Waals surface area (Å²) in [5.41, 5.74) is 1.22. The van der Waals surface area contributed by atoms with Gasteiger partial charge in [0, 0.05) is 23.0 Å². The molecular formula is C21H29BrN2O2. The minimum absolute atomic E-state index is 0.0255. The van der Waals surface area contributed by atoms with Gasteiger partial charge in [-0.25, -0.2) is 0 Å². The molecule has 2 unspecified atom stereocenters. The van der Waals surface area contributed by atoms with E-state index in [1.165, 1.54) is 5.56 Å². The summed E-state index contributed by atoms with van der Waals surface area (Å²) in [6, 6.07) is 8.02. The third kappa shape index (κ3) is 4.30. The summed E-state index contributed by atoms with van der Waals surface area (Å²) in [6.07, 6.45) is 3.55. The summed E-state index contributed by atoms with van der Waals surface area (Å²) >= 11 is 3.46. The second-order valence-corrected chi connectivity index (χ2v) is 9.05. The minimum atomic E-state index is -0.318. The van der Waals surface area contributed by atoms with E-state index in [2.05, 4.69) is 54.2 Å². The SMILES string of the molecule is CCCC1CN(C(=O)[C@@H]2C[C@H]2c2ccc(Br)cc2)C(CC(C)C)C(=O)N1. The van der Waals surface area contributed by atoms with Crippen molar-refractivity contribution in [3.8, 4) is 0 Å². The van der Waals surface area contributed by atoms with E-state index in [0.717, 1.165) is 30.2 Å². The summed E-state index contributed by atoms with van der Waals surface area (Å²) in [5, 5.41) is 3.13. The molecule has 1 aliphatic heterocycles. The van der Waals surface area contributed by atoms with Crippen LogP contribution in [0.2, 0.25) is 0 Å². The van der Waals surface area contributed by atoms with E-state index < -0.39 is 0 Å². The van der Waals surface area contributed by atoms with Crippen LogP contribution in [0, 0.1) is 11.8 Å². The molecule has 1 aliphatic carbocycles. The van der Waals surface area contributed by atoms with Crippen molar-refractivity contribution in [1.29, 1.82) is 0 Å². The lowest BCUT2D eigenvalue weighted by Crippen LogP contribution is -2.62. The predicted molar refractivity (Wildman–Crippen MR) is 107 cm³/mol. The number of piperazine rings is 1. The monoisotopic (exact) mass is 420 g/mol. The highest BCUT2D eigenvalue weighted by Gasteiger charge is 2.49. The zero-order chi connectivity index (χ0) is 18.8. The van der Waals surface area contributed by atoms with Gasteiger partial charge < -0.3 is 10.2 Å². The first-order valence-corrected chi connectivity index (χ1v) is 10.6. The Bertz CT molecular complexity index is 658. The van der Waals surface area contributed by atoms with Gasteiger partial charge in [0.1, 0.15) is 6.04 Å². The average Bonchev–Trinajstić information content (AvgIpc) is 3.38. The lowest BCUT2D eigenvalue weighted by atomic mass is 9.96. The van der Waals surface area contributed by atoms with E-state index in [1.54, 1.807) is 0 Å². The van der Waals surface area contributed by atoms with Gasteiger partial charge in [-0.2, -0.15) is 0 Å². The van der Waals surface area contributed by atoms with E-state index in [1.807, 2.05) is 17.0 Å². The summed E-state index contributed by atoms with van der Waals surface area (Å²) in [7, 11) is 0. The van der Waals surface area contributed by atoms with E-state index >= 15 is 0 Å². The van der Waals surface area contributed by atoms with Crippen LogP contribution in [-0.4, -0.2) is 35.3 Å². The normalized spacial score (nSPS) is 28.2. The lowest BCUT2D eigenvalue weighted by molar-refractivity contribution is -0.146. The predicted octanol–water partition coefficient (Wildman–Crippen LogP) is 4.09. The van der Waals surface area contributed by atoms with Crippen LogP contribution in [0.3, 0.4) is 0 Å². The van der Waals surface area contributed by atoms with Crippen LogP contribution < -0.4 is 5.32 Å². The summed E-state index contributed by atoms with van der Waals surface area (Å²) in [5.74, 6) is 0.895. The van der Waals surface area contributed by atoms with Gasteiger partial charge in [0.15, 0.2) is 0 Å². The molecule has 2 fully saturated rings. The Labute approximate surface area is 164 Å². The average molecular weight is 421 g/mol. The first kappa shape index (κ1) is 19.4. The maximum atomic E-state index is 13.2. The number of hydrogen-bond acceptors (Lipinski definition) is 2. The van der Waals surface area contributed by atoms with Crippen LogP contribution in [0.15, 0.2) is 28.7 Å². The number of nitrogens with zero attached hydrogens (tertiary/aromatic N) is 1. The number of halogens is 1. The summed E-state index contributed by atoms with van der Waals surface area (Å²) in [6.45, 7) is 6.98. The molecule has 142 valence electrons. The van der Waals surface area contributed by atoms with Gasteiger partial charge in [0.25, 0.3) is 0 Å². The van der Waals surface area contributed by atoms with Crippen molar-refractivity contribution >= 4 is 27.7 Å². The molecule has 0 spiro atoms. The van der Waals surface area contributed by atoms with Crippen molar-refractivity contribution < 1.29 is 9.59 Å². The van der Waals surface area contributed by atoms with E-state index in [9.17, 15) is 9.59 Å². The highest BCUT2D eigenvalue weighted by molar-refractivity contribution is 9.10. The Hall–Kier alpha value is -1.36. The maximum Gasteiger partial charge on any atom is 0.243 e. The maximum absolute atomic E-state index is 13.2. The molecule has 2 amide bonds. The first-order chi connectivity index (χ1) is 12.4. The van der Waals surface area contributed by atoms with Gasteiger partial charge >= 0.3 is 0 Å². The van der Waals surface area contributed by atoms with Gasteiger partial charge in [0.2, 0.25) is 11.8 Å². The van der Waals surface area contributed by atoms with Crippen LogP contribution in [-0.2, 0) is 9.59 Å². The minimum Gasteiger partial charge on any atom is -0.350 e. The fraction of sp³-hybridized carbons (Fsp3) is 0.619. The molecule has 5 heteroatoms. The Balaban J connectivity index is 1.73. The van der Waals surface area contributed by atoms with Crippen molar-refractivity contribution in [2.24, 2.45) is 11.8 Å². The number of hydrogen-bond donors (Lipinski definition) is 1. The molecule has 0 bridgehead atoms. The van der Waals surface area contributed by atoms with Crippen LogP contribution in [0.5, 0.6) is 0 Å². The van der Waals surface area contributed by atoms with E-state index in [4.69, 9.17) is 0 Å². The Morgan fingerprint density at radius 3 is 2.62 bits per heavy atom. The third-order valence-corrected chi connectivity index (χ3v) is 5.99. The van der Waals surface area contributed by atoms with Gasteiger partial charge in [-0.15, -0.1) is 0 Å². The van der Waals surface area contributed by atoms with Crippen molar-refractivity contribution in [2.75, 3.05) is 6.54 Å². The molecule has 1 heterocycles. The fourth-order valence-electron chi connectivity index (χ4n) is 4.04. The van der Waals surface area contributed by atoms with Gasteiger partial charge in [0.05, 0.1) is 0 Å². The quantitative estimate of drug-likeness (QED) is 0.752. The highest BCUT2D eigenvalue weighted by atomic mass is 79.9. The molecule has 0 radical (unpaired) electrons. The van der Waals surface area contributed by atoms with Crippen LogP contribution >= 0.6 is 15.9 Å². The molecule has 1 aromatic carbocycles. The molecular weight excluding hydrogens is 392 g/mol. The third-order valence-electron chi connectivity index (χ3n) is 5.46. The van der Waals surface area contributed by atoms with E-state index in [-0.39, 0.29) is 29.8 Å². The summed E-state index contributed by atoms with van der Waals surface area (Å²) < 4.78 is 1.05. The Morgan fingerprint density at radius 2 is 2.00 bits per heavy atom. The van der Waals surface area contributed by atoms with Crippen molar-refractivity contribution in [3.05, 3.63) is 34.3 Å². The van der Waals surface area contributed by atoms with Crippen molar-refractivity contribution in [2.45, 2.75) is 64.5 Å². The molecule has 4 nitrogen and oxygen atoms in total. The Kier molecular flexibility index (Phi) is 6.06. The van der Waals surface area contributed by atoms with Crippen LogP contribution in [0.25, 0.3) is 0 Å².